The Hall–Kier alpha value is -0.690. The summed E-state index contributed by atoms with van der Waals surface area (Å²) in [5, 5.41) is 0.861. The zero-order valence-corrected chi connectivity index (χ0v) is 10.2. The second kappa shape index (κ2) is 4.44. The first-order valence-electron chi connectivity index (χ1n) is 5.81. The third-order valence-electron chi connectivity index (χ3n) is 3.36. The van der Waals surface area contributed by atoms with Gasteiger partial charge in [0.25, 0.3) is 0 Å². The van der Waals surface area contributed by atoms with Gasteiger partial charge >= 0.3 is 0 Å². The summed E-state index contributed by atoms with van der Waals surface area (Å²) in [4.78, 5) is 2.53. The van der Waals surface area contributed by atoms with Gasteiger partial charge in [0.15, 0.2) is 0 Å². The minimum absolute atomic E-state index is 0.687. The predicted molar refractivity (Wildman–Crippen MR) is 66.9 cm³/mol. The molecule has 0 unspecified atom stereocenters. The van der Waals surface area contributed by atoms with Crippen molar-refractivity contribution in [2.24, 2.45) is 0 Å². The minimum Gasteiger partial charge on any atom is -0.368 e. The first kappa shape index (κ1) is 10.8. The Morgan fingerprint density at radius 3 is 2.73 bits per heavy atom. The molecule has 2 heteroatoms. The van der Waals surface area contributed by atoms with Crippen molar-refractivity contribution in [3.05, 3.63) is 28.8 Å². The maximum Gasteiger partial charge on any atom is 0.0410 e. The van der Waals surface area contributed by atoms with Crippen LogP contribution >= 0.6 is 11.6 Å². The fourth-order valence-corrected chi connectivity index (χ4v) is 2.70. The molecule has 0 amide bonds. The van der Waals surface area contributed by atoms with E-state index in [0.29, 0.717) is 6.04 Å². The van der Waals surface area contributed by atoms with E-state index in [9.17, 15) is 0 Å². The molecular formula is C13H18ClN. The van der Waals surface area contributed by atoms with Crippen LogP contribution in [0.2, 0.25) is 5.02 Å². The lowest BCUT2D eigenvalue weighted by molar-refractivity contribution is 0.571. The third kappa shape index (κ3) is 1.98. The molecule has 0 saturated heterocycles. The lowest BCUT2D eigenvalue weighted by Crippen LogP contribution is -2.32. The van der Waals surface area contributed by atoms with Gasteiger partial charge in [0.2, 0.25) is 0 Å². The predicted octanol–water partition coefficient (Wildman–Crippen LogP) is 3.89. The summed E-state index contributed by atoms with van der Waals surface area (Å²) < 4.78 is 0. The van der Waals surface area contributed by atoms with Crippen molar-refractivity contribution in [3.8, 4) is 0 Å². The third-order valence-corrected chi connectivity index (χ3v) is 3.59. The summed E-state index contributed by atoms with van der Waals surface area (Å²) in [6.07, 6.45) is 3.59. The van der Waals surface area contributed by atoms with Gasteiger partial charge in [-0.2, -0.15) is 0 Å². The zero-order valence-electron chi connectivity index (χ0n) is 9.46. The number of nitrogens with zero attached hydrogens (tertiary/aromatic N) is 1. The van der Waals surface area contributed by atoms with Crippen molar-refractivity contribution >= 4 is 17.3 Å². The van der Waals surface area contributed by atoms with E-state index >= 15 is 0 Å². The smallest absolute Gasteiger partial charge is 0.0410 e. The monoisotopic (exact) mass is 223 g/mol. The second-order valence-electron chi connectivity index (χ2n) is 4.19. The molecule has 1 aromatic rings. The van der Waals surface area contributed by atoms with Crippen molar-refractivity contribution in [1.29, 1.82) is 0 Å². The van der Waals surface area contributed by atoms with Gasteiger partial charge in [-0.15, -0.1) is 0 Å². The maximum absolute atomic E-state index is 6.00. The number of anilines is 1. The van der Waals surface area contributed by atoms with Crippen LogP contribution < -0.4 is 4.90 Å². The van der Waals surface area contributed by atoms with Gasteiger partial charge in [-0.1, -0.05) is 25.4 Å². The van der Waals surface area contributed by atoms with E-state index in [1.54, 1.807) is 0 Å². The largest absolute Gasteiger partial charge is 0.368 e. The summed E-state index contributed by atoms with van der Waals surface area (Å²) in [6.45, 7) is 5.69. The second-order valence-corrected chi connectivity index (χ2v) is 4.62. The van der Waals surface area contributed by atoms with Crippen LogP contribution in [0.1, 0.15) is 32.3 Å². The van der Waals surface area contributed by atoms with E-state index in [0.717, 1.165) is 18.0 Å². The molecule has 0 radical (unpaired) electrons. The Morgan fingerprint density at radius 2 is 2.07 bits per heavy atom. The van der Waals surface area contributed by atoms with Gasteiger partial charge < -0.3 is 4.90 Å². The molecular weight excluding hydrogens is 206 g/mol. The molecule has 1 nitrogen and oxygen atoms in total. The molecule has 0 N–H and O–H groups in total. The number of fused-ring (bicyclic) bond motifs is 1. The van der Waals surface area contributed by atoms with Gasteiger partial charge in [-0.25, -0.2) is 0 Å². The lowest BCUT2D eigenvalue weighted by Gasteiger charge is -2.28. The average molecular weight is 224 g/mol. The highest BCUT2D eigenvalue weighted by Gasteiger charge is 2.23. The molecule has 15 heavy (non-hydrogen) atoms. The van der Waals surface area contributed by atoms with E-state index < -0.39 is 0 Å². The van der Waals surface area contributed by atoms with Gasteiger partial charge in [-0.05, 0) is 43.0 Å². The SMILES string of the molecule is CCC(CC)N1CCc2cc(Cl)ccc21. The molecule has 1 aliphatic heterocycles. The van der Waals surface area contributed by atoms with Gasteiger partial charge in [-0.3, -0.25) is 0 Å². The minimum atomic E-state index is 0.687. The Labute approximate surface area is 97.0 Å². The van der Waals surface area contributed by atoms with Crippen LogP contribution in [-0.4, -0.2) is 12.6 Å². The summed E-state index contributed by atoms with van der Waals surface area (Å²) in [6, 6.07) is 6.97. The van der Waals surface area contributed by atoms with Crippen LogP contribution in [0.15, 0.2) is 18.2 Å². The molecule has 0 aromatic heterocycles. The Bertz CT molecular complexity index is 344. The molecule has 1 aliphatic rings. The highest BCUT2D eigenvalue weighted by atomic mass is 35.5. The molecule has 0 saturated carbocycles. The van der Waals surface area contributed by atoms with Crippen LogP contribution in [0, 0.1) is 0 Å². The van der Waals surface area contributed by atoms with E-state index in [4.69, 9.17) is 11.6 Å². The Balaban J connectivity index is 2.28. The molecule has 0 bridgehead atoms. The molecule has 1 aromatic carbocycles. The maximum atomic E-state index is 6.00. The topological polar surface area (TPSA) is 3.24 Å². The molecule has 0 atom stereocenters. The van der Waals surface area contributed by atoms with Crippen molar-refractivity contribution in [3.63, 3.8) is 0 Å². The fraction of sp³-hybridized carbons (Fsp3) is 0.538. The molecule has 0 fully saturated rings. The van der Waals surface area contributed by atoms with Gasteiger partial charge in [0, 0.05) is 23.3 Å². The van der Waals surface area contributed by atoms with Crippen molar-refractivity contribution in [2.45, 2.75) is 39.2 Å². The van der Waals surface area contributed by atoms with Crippen LogP contribution in [0.25, 0.3) is 0 Å². The van der Waals surface area contributed by atoms with Crippen LogP contribution in [-0.2, 0) is 6.42 Å². The van der Waals surface area contributed by atoms with Crippen molar-refractivity contribution in [1.82, 2.24) is 0 Å². The molecule has 0 aliphatic carbocycles. The Kier molecular flexibility index (Phi) is 3.20. The van der Waals surface area contributed by atoms with Gasteiger partial charge in [0.05, 0.1) is 0 Å². The van der Waals surface area contributed by atoms with E-state index in [2.05, 4.69) is 30.9 Å². The number of rotatable bonds is 3. The van der Waals surface area contributed by atoms with Crippen LogP contribution in [0.4, 0.5) is 5.69 Å². The quantitative estimate of drug-likeness (QED) is 0.752. The van der Waals surface area contributed by atoms with E-state index in [-0.39, 0.29) is 0 Å². The molecule has 1 heterocycles. The lowest BCUT2D eigenvalue weighted by atomic mass is 10.1. The first-order chi connectivity index (χ1) is 7.26. The first-order valence-corrected chi connectivity index (χ1v) is 6.19. The Morgan fingerprint density at radius 1 is 1.33 bits per heavy atom. The summed E-state index contributed by atoms with van der Waals surface area (Å²) in [5.41, 5.74) is 2.81. The summed E-state index contributed by atoms with van der Waals surface area (Å²) >= 11 is 6.00. The highest BCUT2D eigenvalue weighted by Crippen LogP contribution is 2.32. The van der Waals surface area contributed by atoms with Crippen molar-refractivity contribution < 1.29 is 0 Å². The van der Waals surface area contributed by atoms with Crippen LogP contribution in [0.3, 0.4) is 0 Å². The number of halogens is 1. The zero-order chi connectivity index (χ0) is 10.8. The molecule has 2 rings (SSSR count). The van der Waals surface area contributed by atoms with Crippen molar-refractivity contribution in [2.75, 3.05) is 11.4 Å². The molecule has 0 spiro atoms. The standard InChI is InChI=1S/C13H18ClN/c1-3-12(4-2)15-8-7-10-9-11(14)5-6-13(10)15/h5-6,9,12H,3-4,7-8H2,1-2H3. The normalized spacial score (nSPS) is 14.8. The average Bonchev–Trinajstić information content (AvgIpc) is 2.63. The van der Waals surface area contributed by atoms with E-state index in [1.807, 2.05) is 6.07 Å². The highest BCUT2D eigenvalue weighted by molar-refractivity contribution is 6.30. The molecule has 82 valence electrons. The fourth-order valence-electron chi connectivity index (χ4n) is 2.50. The number of benzene rings is 1. The van der Waals surface area contributed by atoms with Gasteiger partial charge in [0.1, 0.15) is 0 Å². The number of hydrogen-bond acceptors (Lipinski definition) is 1. The summed E-state index contributed by atoms with van der Waals surface area (Å²) in [5.74, 6) is 0. The van der Waals surface area contributed by atoms with Crippen LogP contribution in [0.5, 0.6) is 0 Å². The summed E-state index contributed by atoms with van der Waals surface area (Å²) in [7, 11) is 0. The number of hydrogen-bond donors (Lipinski definition) is 0. The van der Waals surface area contributed by atoms with E-state index in [1.165, 1.54) is 24.1 Å².